The van der Waals surface area contributed by atoms with E-state index in [1.165, 1.54) is 0 Å². The molecular weight excluding hydrogens is 837 g/mol. The summed E-state index contributed by atoms with van der Waals surface area (Å²) in [6, 6.07) is 16.9. The van der Waals surface area contributed by atoms with Gasteiger partial charge in [0.25, 0.3) is 0 Å². The molecule has 1 radical (unpaired) electrons. The molecule has 0 aliphatic carbocycles. The van der Waals surface area contributed by atoms with Crippen LogP contribution in [0.2, 0.25) is 0 Å². The van der Waals surface area contributed by atoms with Crippen molar-refractivity contribution in [2.24, 2.45) is 36.1 Å². The molecule has 9 heterocycles. The maximum atomic E-state index is 5.35. The zero-order chi connectivity index (χ0) is 35.3. The van der Waals surface area contributed by atoms with Crippen LogP contribution in [-0.2, 0) is 38.2 Å². The molecule has 57 heavy (non-hydrogen) atoms. The number of hydrogen-bond donors (Lipinski definition) is 0. The van der Waals surface area contributed by atoms with Crippen LogP contribution in [0, 0.1) is 0 Å². The Morgan fingerprint density at radius 1 is 0.439 bits per heavy atom. The first kappa shape index (κ1) is 44.6. The quantitative estimate of drug-likeness (QED) is 0.152. The zero-order valence-electron chi connectivity index (χ0n) is 31.3. The second kappa shape index (κ2) is 18.4. The van der Waals surface area contributed by atoms with E-state index in [4.69, 9.17) is 20.0 Å². The first-order chi connectivity index (χ1) is 25.4. The van der Waals surface area contributed by atoms with E-state index in [9.17, 15) is 0 Å². The third-order valence-corrected chi connectivity index (χ3v) is 9.68. The molecule has 0 saturated carbocycles. The number of aryl methyl sites for hydroxylation is 3. The Morgan fingerprint density at radius 3 is 1.16 bits per heavy atom. The van der Waals surface area contributed by atoms with Crippen LogP contribution in [0.25, 0.3) is 16.7 Å². The molecule has 13 heteroatoms. The minimum Gasteiger partial charge on any atom is -1.00 e. The molecule has 0 saturated heterocycles. The average molecular weight is 874 g/mol. The van der Waals surface area contributed by atoms with Gasteiger partial charge < -0.3 is 59.5 Å². The largest absolute Gasteiger partial charge is 2.00 e. The van der Waals surface area contributed by atoms with Crippen LogP contribution in [0.3, 0.4) is 0 Å². The third kappa shape index (κ3) is 8.60. The Hall–Kier alpha value is -5.12. The second-order valence-electron chi connectivity index (χ2n) is 13.4. The van der Waals surface area contributed by atoms with Gasteiger partial charge in [-0.15, -0.1) is 11.4 Å². The summed E-state index contributed by atoms with van der Waals surface area (Å²) < 4.78 is 6.11. The summed E-state index contributed by atoms with van der Waals surface area (Å²) in [5.74, 6) is 0. The second-order valence-corrected chi connectivity index (χ2v) is 13.4. The van der Waals surface area contributed by atoms with Gasteiger partial charge in [0, 0.05) is 67.0 Å². The standard InChI is InChI=1S/C44H36N8.4ClH.Mn/c1-49-21-13-29(14-22-49)41-33-5-7-35(45-33)42(30-15-23-50(2)24-16-30)37-9-11-39(47-37)44(32-19-27-52(4)28-20-32)40-12-10-38(48-40)43(36-8-6-34(41)46-36)31-17-25-51(3)26-18-31;;;;;/h5-28H,1-4H3;4*1H;/q+2;;;;;+2/p-4. The van der Waals surface area contributed by atoms with Gasteiger partial charge >= 0.3 is 17.1 Å². The van der Waals surface area contributed by atoms with E-state index in [0.717, 1.165) is 90.2 Å². The predicted molar refractivity (Wildman–Crippen MR) is 204 cm³/mol. The van der Waals surface area contributed by atoms with Crippen LogP contribution in [0.15, 0.2) is 190 Å². The van der Waals surface area contributed by atoms with E-state index < -0.39 is 0 Å². The molecule has 0 N–H and O–H groups in total. The van der Waals surface area contributed by atoms with Crippen LogP contribution < -0.4 is 68.3 Å². The smallest absolute Gasteiger partial charge is 1.00 e. The van der Waals surface area contributed by atoms with Crippen LogP contribution in [0.5, 0.6) is 0 Å². The molecule has 0 amide bonds. The summed E-state index contributed by atoms with van der Waals surface area (Å²) >= 11 is 0. The van der Waals surface area contributed by atoms with Gasteiger partial charge in [-0.1, -0.05) is 12.1 Å². The van der Waals surface area contributed by atoms with E-state index in [1.54, 1.807) is 0 Å². The van der Waals surface area contributed by atoms with E-state index in [2.05, 4.69) is 147 Å². The van der Waals surface area contributed by atoms with E-state index in [0.29, 0.717) is 0 Å². The number of aromatic nitrogens is 4. The van der Waals surface area contributed by atoms with Crippen molar-refractivity contribution in [2.45, 2.75) is 0 Å². The fraction of sp³-hybridized carbons (Fsp3) is 0.0909. The molecule has 0 atom stereocenters. The molecule has 287 valence electrons. The summed E-state index contributed by atoms with van der Waals surface area (Å²) in [7, 11) is 8.10. The van der Waals surface area contributed by atoms with Crippen molar-refractivity contribution in [1.82, 2.24) is 9.88 Å². The molecule has 9 rings (SSSR count). The van der Waals surface area contributed by atoms with Gasteiger partial charge in [0.2, 0.25) is 0 Å². The van der Waals surface area contributed by atoms with Crippen molar-refractivity contribution in [3.05, 3.63) is 203 Å². The fourth-order valence-electron chi connectivity index (χ4n) is 6.94. The topological polar surface area (TPSA) is 66.1 Å². The molecule has 0 unspecified atom stereocenters. The summed E-state index contributed by atoms with van der Waals surface area (Å²) in [6.45, 7) is 0. The number of nitrogens with zero attached hydrogens (tertiary/aromatic N) is 8. The van der Waals surface area contributed by atoms with Gasteiger partial charge in [0.15, 0.2) is 37.2 Å². The van der Waals surface area contributed by atoms with Crippen LogP contribution >= 0.6 is 0 Å². The molecule has 8 nitrogen and oxygen atoms in total. The number of pyridine rings is 3. The fourth-order valence-corrected chi connectivity index (χ4v) is 6.94. The first-order valence-electron chi connectivity index (χ1n) is 17.3. The monoisotopic (exact) mass is 871 g/mol. The van der Waals surface area contributed by atoms with Gasteiger partial charge in [0.05, 0.1) is 34.2 Å². The Kier molecular flexibility index (Phi) is 14.4. The van der Waals surface area contributed by atoms with Crippen molar-refractivity contribution in [2.75, 3.05) is 7.05 Å². The number of rotatable bonds is 3. The van der Waals surface area contributed by atoms with Gasteiger partial charge in [0.1, 0.15) is 21.1 Å². The first-order valence-corrected chi connectivity index (χ1v) is 17.3. The summed E-state index contributed by atoms with van der Waals surface area (Å²) in [5, 5.41) is 0. The van der Waals surface area contributed by atoms with Gasteiger partial charge in [-0.05, 0) is 82.0 Å². The van der Waals surface area contributed by atoms with Crippen LogP contribution in [-0.4, -0.2) is 29.1 Å². The Labute approximate surface area is 368 Å². The number of hydrogen-bond acceptors (Lipinski definition) is 4. The SMILES string of the molecule is CN1C=CC(=C2C3=NC(=C(c4cc[n+](C)cc4)C4=NC(=C(c5cc[n+](C)cc5)c5ccc([n-]5)C(c5cc[n+](C)cc5)=C5C=CC2=N5)C=C4)C=C3)C=C1.[Cl-].[Cl-].[Cl-].[Cl-].[Mn+2]. The number of allylic oxidation sites excluding steroid dienone is 11. The molecule has 0 spiro atoms. The zero-order valence-corrected chi connectivity index (χ0v) is 35.5. The average Bonchev–Trinajstić information content (AvgIpc) is 3.99. The number of halogens is 4. The number of aliphatic imine (C=N–C) groups is 3. The van der Waals surface area contributed by atoms with Gasteiger partial charge in [-0.3, -0.25) is 0 Å². The molecule has 4 aromatic heterocycles. The molecule has 4 aromatic rings. The minimum atomic E-state index is 0. The van der Waals surface area contributed by atoms with Crippen molar-refractivity contribution >= 4 is 33.9 Å². The molecule has 5 aliphatic heterocycles. The van der Waals surface area contributed by atoms with Gasteiger partial charge in [-0.25, -0.2) is 28.7 Å². The normalized spacial score (nSPS) is 16.1. The molecular formula is C44H36Cl4MnN8. The van der Waals surface area contributed by atoms with E-state index in [1.807, 2.05) is 46.8 Å². The van der Waals surface area contributed by atoms with Gasteiger partial charge in [-0.2, -0.15) is 0 Å². The number of fused-ring (bicyclic) bond motifs is 5. The van der Waals surface area contributed by atoms with E-state index >= 15 is 0 Å². The Bertz CT molecular complexity index is 2560. The summed E-state index contributed by atoms with van der Waals surface area (Å²) in [5.41, 5.74) is 14.7. The molecule has 8 bridgehead atoms. The van der Waals surface area contributed by atoms with Crippen LogP contribution in [0.4, 0.5) is 0 Å². The van der Waals surface area contributed by atoms with Crippen LogP contribution in [0.1, 0.15) is 28.1 Å². The van der Waals surface area contributed by atoms with Crippen molar-refractivity contribution in [3.63, 3.8) is 0 Å². The third-order valence-electron chi connectivity index (χ3n) is 9.68. The summed E-state index contributed by atoms with van der Waals surface area (Å²) in [6.07, 6.45) is 33.3. The van der Waals surface area contributed by atoms with E-state index in [-0.39, 0.29) is 66.7 Å². The maximum Gasteiger partial charge on any atom is 2.00 e. The molecule has 5 aliphatic rings. The maximum absolute atomic E-state index is 5.35. The predicted octanol–water partition coefficient (Wildman–Crippen LogP) is -6.62. The minimum absolute atomic E-state index is 0. The Morgan fingerprint density at radius 2 is 0.772 bits per heavy atom. The van der Waals surface area contributed by atoms with Crippen molar-refractivity contribution in [1.29, 1.82) is 0 Å². The summed E-state index contributed by atoms with van der Waals surface area (Å²) in [4.78, 5) is 23.4. The van der Waals surface area contributed by atoms with Crippen molar-refractivity contribution in [3.8, 4) is 0 Å². The van der Waals surface area contributed by atoms with Crippen molar-refractivity contribution < 1.29 is 80.4 Å². The molecule has 0 fully saturated rings. The Balaban J connectivity index is 0.00000144. The molecule has 0 aromatic carbocycles.